The third kappa shape index (κ3) is 2.97. The van der Waals surface area contributed by atoms with Crippen LogP contribution in [0.3, 0.4) is 0 Å². The fraction of sp³-hybridized carbons (Fsp3) is 0.300. The van der Waals surface area contributed by atoms with Crippen molar-refractivity contribution in [2.24, 2.45) is 7.05 Å². The molecule has 2 aromatic rings. The second-order valence-corrected chi connectivity index (χ2v) is 4.25. The summed E-state index contributed by atoms with van der Waals surface area (Å²) < 4.78 is 1.64. The van der Waals surface area contributed by atoms with Gasteiger partial charge in [0.1, 0.15) is 5.69 Å². The van der Waals surface area contributed by atoms with Gasteiger partial charge in [0.2, 0.25) is 11.1 Å². The lowest BCUT2D eigenvalue weighted by Gasteiger charge is -2.06. The van der Waals surface area contributed by atoms with Crippen LogP contribution in [0, 0.1) is 17.0 Å². The van der Waals surface area contributed by atoms with Crippen molar-refractivity contribution < 1.29 is 4.92 Å². The van der Waals surface area contributed by atoms with E-state index in [0.717, 1.165) is 5.56 Å². The molecule has 0 unspecified atom stereocenters. The van der Waals surface area contributed by atoms with E-state index in [2.05, 4.69) is 20.4 Å². The van der Waals surface area contributed by atoms with Gasteiger partial charge >= 0.3 is 5.69 Å². The Bertz CT molecular complexity index is 626. The molecule has 2 aromatic heterocycles. The summed E-state index contributed by atoms with van der Waals surface area (Å²) in [7, 11) is 1.79. The predicted molar refractivity (Wildman–Crippen MR) is 69.0 cm³/mol. The summed E-state index contributed by atoms with van der Waals surface area (Å²) >= 11 is 5.71. The van der Waals surface area contributed by atoms with Crippen molar-refractivity contribution in [1.29, 1.82) is 0 Å². The zero-order chi connectivity index (χ0) is 14.0. The van der Waals surface area contributed by atoms with Crippen LogP contribution in [0.5, 0.6) is 0 Å². The van der Waals surface area contributed by atoms with Crippen LogP contribution in [0.2, 0.25) is 5.28 Å². The van der Waals surface area contributed by atoms with Crippen LogP contribution in [0.15, 0.2) is 12.4 Å². The van der Waals surface area contributed by atoms with E-state index >= 15 is 0 Å². The van der Waals surface area contributed by atoms with Crippen LogP contribution in [0.1, 0.15) is 11.3 Å². The highest BCUT2D eigenvalue weighted by atomic mass is 35.5. The Kier molecular flexibility index (Phi) is 3.61. The first-order valence-corrected chi connectivity index (χ1v) is 5.75. The average molecular weight is 283 g/mol. The van der Waals surface area contributed by atoms with Gasteiger partial charge < -0.3 is 5.32 Å². The van der Waals surface area contributed by atoms with Crippen LogP contribution in [0.25, 0.3) is 0 Å². The molecule has 0 aliphatic carbocycles. The standard InChI is InChI=1S/C10H11ClN6O2/c1-6-8(17(18)19)9(15-10(11)14-6)12-3-7-4-13-16(2)5-7/h4-5H,3H2,1-2H3,(H,12,14,15). The molecule has 0 radical (unpaired) electrons. The maximum absolute atomic E-state index is 11.0. The number of aryl methyl sites for hydroxylation is 2. The first kappa shape index (κ1) is 13.2. The Labute approximate surface area is 113 Å². The van der Waals surface area contributed by atoms with Crippen molar-refractivity contribution in [2.45, 2.75) is 13.5 Å². The monoisotopic (exact) mass is 282 g/mol. The maximum atomic E-state index is 11.0. The molecule has 0 fully saturated rings. The van der Waals surface area contributed by atoms with E-state index in [1.54, 1.807) is 24.1 Å². The second kappa shape index (κ2) is 5.19. The smallest absolute Gasteiger partial charge is 0.332 e. The first-order chi connectivity index (χ1) is 8.97. The molecule has 100 valence electrons. The summed E-state index contributed by atoms with van der Waals surface area (Å²) in [6.45, 7) is 1.88. The normalized spacial score (nSPS) is 10.5. The molecule has 0 bridgehead atoms. The summed E-state index contributed by atoms with van der Waals surface area (Å²) in [5, 5.41) is 17.8. The molecule has 0 saturated carbocycles. The fourth-order valence-electron chi connectivity index (χ4n) is 1.62. The number of hydrogen-bond acceptors (Lipinski definition) is 6. The predicted octanol–water partition coefficient (Wildman–Crippen LogP) is 1.69. The van der Waals surface area contributed by atoms with Crippen molar-refractivity contribution in [3.8, 4) is 0 Å². The number of aromatic nitrogens is 4. The van der Waals surface area contributed by atoms with Gasteiger partial charge in [-0.15, -0.1) is 0 Å². The van der Waals surface area contributed by atoms with Gasteiger partial charge in [0.05, 0.1) is 11.1 Å². The minimum atomic E-state index is -0.531. The van der Waals surface area contributed by atoms with E-state index in [4.69, 9.17) is 11.6 Å². The van der Waals surface area contributed by atoms with Gasteiger partial charge in [-0.2, -0.15) is 10.1 Å². The number of anilines is 1. The summed E-state index contributed by atoms with van der Waals surface area (Å²) in [4.78, 5) is 18.1. The maximum Gasteiger partial charge on any atom is 0.332 e. The van der Waals surface area contributed by atoms with Crippen LogP contribution >= 0.6 is 11.6 Å². The van der Waals surface area contributed by atoms with Gasteiger partial charge in [0, 0.05) is 25.4 Å². The van der Waals surface area contributed by atoms with Crippen molar-refractivity contribution in [3.05, 3.63) is 39.0 Å². The largest absolute Gasteiger partial charge is 0.360 e. The van der Waals surface area contributed by atoms with E-state index < -0.39 is 4.92 Å². The van der Waals surface area contributed by atoms with Crippen molar-refractivity contribution >= 4 is 23.1 Å². The molecular formula is C10H11ClN6O2. The quantitative estimate of drug-likeness (QED) is 0.520. The van der Waals surface area contributed by atoms with E-state index in [1.165, 1.54) is 6.92 Å². The Morgan fingerprint density at radius 3 is 2.84 bits per heavy atom. The average Bonchev–Trinajstić information content (AvgIpc) is 2.71. The van der Waals surface area contributed by atoms with Gasteiger partial charge in [-0.05, 0) is 18.5 Å². The second-order valence-electron chi connectivity index (χ2n) is 3.91. The van der Waals surface area contributed by atoms with Gasteiger partial charge in [0.25, 0.3) is 0 Å². The number of nitrogens with zero attached hydrogens (tertiary/aromatic N) is 5. The third-order valence-corrected chi connectivity index (χ3v) is 2.60. The van der Waals surface area contributed by atoms with Crippen molar-refractivity contribution in [2.75, 3.05) is 5.32 Å². The molecular weight excluding hydrogens is 272 g/mol. The number of nitrogens with one attached hydrogen (secondary N) is 1. The van der Waals surface area contributed by atoms with E-state index in [0.29, 0.717) is 6.54 Å². The van der Waals surface area contributed by atoms with E-state index in [1.807, 2.05) is 0 Å². The Morgan fingerprint density at radius 1 is 1.53 bits per heavy atom. The fourth-order valence-corrected chi connectivity index (χ4v) is 1.83. The molecule has 0 atom stereocenters. The molecule has 0 aliphatic heterocycles. The van der Waals surface area contributed by atoms with Crippen LogP contribution in [0.4, 0.5) is 11.5 Å². The Hall–Kier alpha value is -2.22. The lowest BCUT2D eigenvalue weighted by Crippen LogP contribution is -2.07. The van der Waals surface area contributed by atoms with Crippen LogP contribution < -0.4 is 5.32 Å². The Balaban J connectivity index is 2.26. The molecule has 1 N–H and O–H groups in total. The van der Waals surface area contributed by atoms with Crippen molar-refractivity contribution in [1.82, 2.24) is 19.7 Å². The molecule has 0 aromatic carbocycles. The van der Waals surface area contributed by atoms with Gasteiger partial charge in [0.15, 0.2) is 0 Å². The molecule has 8 nitrogen and oxygen atoms in total. The van der Waals surface area contributed by atoms with Crippen LogP contribution in [-0.4, -0.2) is 24.7 Å². The molecule has 0 spiro atoms. The summed E-state index contributed by atoms with van der Waals surface area (Å²) in [6.07, 6.45) is 3.46. The zero-order valence-corrected chi connectivity index (χ0v) is 11.0. The lowest BCUT2D eigenvalue weighted by atomic mass is 10.3. The first-order valence-electron chi connectivity index (χ1n) is 5.37. The Morgan fingerprint density at radius 2 is 2.26 bits per heavy atom. The highest BCUT2D eigenvalue weighted by Gasteiger charge is 2.21. The topological polar surface area (TPSA) is 98.8 Å². The zero-order valence-electron chi connectivity index (χ0n) is 10.3. The number of halogens is 1. The minimum Gasteiger partial charge on any atom is -0.360 e. The van der Waals surface area contributed by atoms with Gasteiger partial charge in [-0.1, -0.05) is 0 Å². The molecule has 2 heterocycles. The SMILES string of the molecule is Cc1nc(Cl)nc(NCc2cnn(C)c2)c1[N+](=O)[O-]. The number of hydrogen-bond donors (Lipinski definition) is 1. The lowest BCUT2D eigenvalue weighted by molar-refractivity contribution is -0.385. The summed E-state index contributed by atoms with van der Waals surface area (Å²) in [5.41, 5.74) is 0.927. The van der Waals surface area contributed by atoms with E-state index in [9.17, 15) is 10.1 Å². The van der Waals surface area contributed by atoms with Gasteiger partial charge in [-0.25, -0.2) is 4.98 Å². The van der Waals surface area contributed by atoms with E-state index in [-0.39, 0.29) is 22.5 Å². The number of rotatable bonds is 4. The summed E-state index contributed by atoms with van der Waals surface area (Å²) in [6, 6.07) is 0. The molecule has 2 rings (SSSR count). The highest BCUT2D eigenvalue weighted by molar-refractivity contribution is 6.28. The van der Waals surface area contributed by atoms with Crippen LogP contribution in [-0.2, 0) is 13.6 Å². The minimum absolute atomic E-state index is 0.0308. The third-order valence-electron chi connectivity index (χ3n) is 2.43. The molecule has 0 aliphatic rings. The highest BCUT2D eigenvalue weighted by Crippen LogP contribution is 2.26. The van der Waals surface area contributed by atoms with Crippen molar-refractivity contribution in [3.63, 3.8) is 0 Å². The molecule has 0 amide bonds. The molecule has 0 saturated heterocycles. The molecule has 9 heteroatoms. The van der Waals surface area contributed by atoms with Gasteiger partial charge in [-0.3, -0.25) is 14.8 Å². The summed E-state index contributed by atoms with van der Waals surface area (Å²) in [5.74, 6) is 0.103. The number of nitro groups is 1. The molecule has 19 heavy (non-hydrogen) atoms.